The molecule has 1 fully saturated rings. The third-order valence-electron chi connectivity index (χ3n) is 4.84. The van der Waals surface area contributed by atoms with Gasteiger partial charge in [0.2, 0.25) is 0 Å². The maximum Gasteiger partial charge on any atom is 0.295 e. The number of fused-ring (bicyclic) bond motifs is 1. The number of para-hydroxylation sites is 1. The molecule has 2 aromatic heterocycles. The highest BCUT2D eigenvalue weighted by Gasteiger charge is 2.29. The fourth-order valence-corrected chi connectivity index (χ4v) is 4.58. The highest BCUT2D eigenvalue weighted by atomic mass is 35.5. The van der Waals surface area contributed by atoms with Crippen LogP contribution in [0.5, 0.6) is 0 Å². The molecule has 0 amide bonds. The van der Waals surface area contributed by atoms with Crippen LogP contribution in [0.1, 0.15) is 37.7 Å². The van der Waals surface area contributed by atoms with Crippen molar-refractivity contribution in [2.75, 3.05) is 18.2 Å². The SMILES string of the molecule is CS(=O)(=O)c1ccccc1Nc1cc(Cl)nc2c1nc(C(F)F)n2C1CCCCO1. The molecule has 30 heavy (non-hydrogen) atoms. The second-order valence-electron chi connectivity index (χ2n) is 7.02. The standard InChI is InChI=1S/C19H19ClF2N4O3S/c1-30(27,28)13-7-3-2-6-11(13)23-12-10-14(20)24-18-16(12)25-19(17(21)22)26(18)15-8-4-5-9-29-15/h2-3,6-7,10,15,17H,4-5,8-9H2,1H3,(H,23,24). The Balaban J connectivity index is 1.88. The van der Waals surface area contributed by atoms with Crippen LogP contribution in [0.2, 0.25) is 5.15 Å². The van der Waals surface area contributed by atoms with E-state index >= 15 is 0 Å². The number of aromatic nitrogens is 3. The molecule has 7 nitrogen and oxygen atoms in total. The van der Waals surface area contributed by atoms with E-state index in [-0.39, 0.29) is 32.6 Å². The molecule has 1 aliphatic rings. The van der Waals surface area contributed by atoms with Crippen LogP contribution in [-0.2, 0) is 14.6 Å². The first kappa shape index (κ1) is 21.0. The Hall–Kier alpha value is -2.30. The lowest BCUT2D eigenvalue weighted by molar-refractivity contribution is -0.0363. The third-order valence-corrected chi connectivity index (χ3v) is 6.19. The van der Waals surface area contributed by atoms with E-state index in [1.165, 1.54) is 16.7 Å². The minimum Gasteiger partial charge on any atom is -0.358 e. The summed E-state index contributed by atoms with van der Waals surface area (Å²) in [5, 5.41) is 3.04. The molecule has 0 radical (unpaired) electrons. The number of nitrogens with one attached hydrogen (secondary N) is 1. The lowest BCUT2D eigenvalue weighted by Gasteiger charge is -2.25. The summed E-state index contributed by atoms with van der Waals surface area (Å²) in [6, 6.07) is 7.72. The van der Waals surface area contributed by atoms with Crippen molar-refractivity contribution in [3.8, 4) is 0 Å². The summed E-state index contributed by atoms with van der Waals surface area (Å²) in [6.07, 6.45) is -0.128. The Morgan fingerprint density at radius 1 is 1.23 bits per heavy atom. The lowest BCUT2D eigenvalue weighted by atomic mass is 10.2. The average Bonchev–Trinajstić information content (AvgIpc) is 3.08. The summed E-state index contributed by atoms with van der Waals surface area (Å²) in [4.78, 5) is 8.40. The molecule has 0 saturated carbocycles. The molecule has 1 atom stereocenters. The van der Waals surface area contributed by atoms with Crippen LogP contribution in [0.15, 0.2) is 35.2 Å². The summed E-state index contributed by atoms with van der Waals surface area (Å²) in [5.74, 6) is -0.467. The zero-order chi connectivity index (χ0) is 21.5. The van der Waals surface area contributed by atoms with Crippen molar-refractivity contribution in [1.29, 1.82) is 0 Å². The van der Waals surface area contributed by atoms with Crippen LogP contribution in [-0.4, -0.2) is 35.8 Å². The number of anilines is 2. The number of alkyl halides is 2. The monoisotopic (exact) mass is 456 g/mol. The van der Waals surface area contributed by atoms with Crippen LogP contribution in [0.25, 0.3) is 11.2 Å². The Morgan fingerprint density at radius 3 is 2.67 bits per heavy atom. The molecule has 1 N–H and O–H groups in total. The van der Waals surface area contributed by atoms with Gasteiger partial charge in [-0.15, -0.1) is 0 Å². The van der Waals surface area contributed by atoms with Gasteiger partial charge in [-0.2, -0.15) is 0 Å². The van der Waals surface area contributed by atoms with Gasteiger partial charge in [-0.1, -0.05) is 23.7 Å². The van der Waals surface area contributed by atoms with Gasteiger partial charge in [-0.05, 0) is 31.4 Å². The second-order valence-corrected chi connectivity index (χ2v) is 9.39. The zero-order valence-electron chi connectivity index (χ0n) is 16.0. The first-order valence-corrected chi connectivity index (χ1v) is 11.6. The van der Waals surface area contributed by atoms with E-state index in [1.54, 1.807) is 18.2 Å². The normalized spacial score (nSPS) is 17.6. The van der Waals surface area contributed by atoms with Gasteiger partial charge >= 0.3 is 0 Å². The minimum atomic E-state index is -3.53. The van der Waals surface area contributed by atoms with Crippen LogP contribution in [0.4, 0.5) is 20.2 Å². The van der Waals surface area contributed by atoms with Gasteiger partial charge in [0.15, 0.2) is 21.3 Å². The fourth-order valence-electron chi connectivity index (χ4n) is 3.55. The van der Waals surface area contributed by atoms with Crippen LogP contribution < -0.4 is 5.32 Å². The number of nitrogens with zero attached hydrogens (tertiary/aromatic N) is 3. The zero-order valence-corrected chi connectivity index (χ0v) is 17.6. The van der Waals surface area contributed by atoms with E-state index in [1.807, 2.05) is 0 Å². The number of sulfone groups is 1. The smallest absolute Gasteiger partial charge is 0.295 e. The second kappa shape index (κ2) is 8.09. The number of ether oxygens (including phenoxy) is 1. The predicted molar refractivity (Wildman–Crippen MR) is 109 cm³/mol. The van der Waals surface area contributed by atoms with Crippen molar-refractivity contribution in [3.63, 3.8) is 0 Å². The van der Waals surface area contributed by atoms with Crippen molar-refractivity contribution in [1.82, 2.24) is 14.5 Å². The van der Waals surface area contributed by atoms with Crippen LogP contribution in [0.3, 0.4) is 0 Å². The molecule has 0 bridgehead atoms. The third kappa shape index (κ3) is 3.99. The molecule has 3 heterocycles. The molecule has 1 unspecified atom stereocenters. The van der Waals surface area contributed by atoms with Crippen molar-refractivity contribution < 1.29 is 21.9 Å². The first-order chi connectivity index (χ1) is 14.3. The maximum absolute atomic E-state index is 13.8. The number of imidazole rings is 1. The van der Waals surface area contributed by atoms with E-state index in [9.17, 15) is 17.2 Å². The first-order valence-electron chi connectivity index (χ1n) is 9.30. The van der Waals surface area contributed by atoms with Gasteiger partial charge in [-0.3, -0.25) is 4.57 Å². The van der Waals surface area contributed by atoms with E-state index < -0.39 is 28.3 Å². The average molecular weight is 457 g/mol. The quantitative estimate of drug-likeness (QED) is 0.551. The summed E-state index contributed by atoms with van der Waals surface area (Å²) >= 11 is 6.18. The molecule has 0 aliphatic carbocycles. The molecule has 1 aliphatic heterocycles. The number of rotatable bonds is 5. The molecule has 11 heteroatoms. The van der Waals surface area contributed by atoms with Gasteiger partial charge in [0, 0.05) is 18.9 Å². The largest absolute Gasteiger partial charge is 0.358 e. The van der Waals surface area contributed by atoms with Crippen molar-refractivity contribution >= 4 is 44.0 Å². The van der Waals surface area contributed by atoms with Crippen LogP contribution in [0, 0.1) is 0 Å². The molecule has 3 aromatic rings. The van der Waals surface area contributed by atoms with Crippen molar-refractivity contribution in [2.45, 2.75) is 36.8 Å². The summed E-state index contributed by atoms with van der Waals surface area (Å²) in [6.45, 7) is 0.459. The molecule has 0 spiro atoms. The van der Waals surface area contributed by atoms with Gasteiger partial charge in [-0.25, -0.2) is 27.2 Å². The minimum absolute atomic E-state index is 0.0552. The summed E-state index contributed by atoms with van der Waals surface area (Å²) < 4.78 is 58.8. The van der Waals surface area contributed by atoms with E-state index in [2.05, 4.69) is 15.3 Å². The topological polar surface area (TPSA) is 86.1 Å². The lowest BCUT2D eigenvalue weighted by Crippen LogP contribution is -2.20. The Kier molecular flexibility index (Phi) is 5.65. The number of halogens is 3. The van der Waals surface area contributed by atoms with Gasteiger partial charge in [0.05, 0.1) is 16.3 Å². The molecule has 1 saturated heterocycles. The van der Waals surface area contributed by atoms with Crippen LogP contribution >= 0.6 is 11.6 Å². The maximum atomic E-state index is 13.8. The Labute approximate surface area is 177 Å². The van der Waals surface area contributed by atoms with E-state index in [0.717, 1.165) is 19.1 Å². The molecular weight excluding hydrogens is 438 g/mol. The fraction of sp³-hybridized carbons (Fsp3) is 0.368. The Morgan fingerprint density at radius 2 is 2.00 bits per heavy atom. The van der Waals surface area contributed by atoms with Crippen molar-refractivity contribution in [3.05, 3.63) is 41.3 Å². The molecule has 1 aromatic carbocycles. The van der Waals surface area contributed by atoms with Gasteiger partial charge in [0.1, 0.15) is 16.9 Å². The number of pyridine rings is 1. The molecular formula is C19H19ClF2N4O3S. The summed E-state index contributed by atoms with van der Waals surface area (Å²) in [7, 11) is -3.53. The molecule has 4 rings (SSSR count). The highest BCUT2D eigenvalue weighted by molar-refractivity contribution is 7.90. The van der Waals surface area contributed by atoms with Gasteiger partial charge in [0.25, 0.3) is 6.43 Å². The Bertz CT molecular complexity index is 1190. The number of hydrogen-bond acceptors (Lipinski definition) is 6. The van der Waals surface area contributed by atoms with Crippen molar-refractivity contribution in [2.24, 2.45) is 0 Å². The van der Waals surface area contributed by atoms with E-state index in [4.69, 9.17) is 16.3 Å². The highest BCUT2D eigenvalue weighted by Crippen LogP contribution is 2.36. The number of hydrogen-bond donors (Lipinski definition) is 1. The predicted octanol–water partition coefficient (Wildman–Crippen LogP) is 4.87. The van der Waals surface area contributed by atoms with Gasteiger partial charge < -0.3 is 10.1 Å². The molecule has 160 valence electrons. The van der Waals surface area contributed by atoms with E-state index in [0.29, 0.717) is 13.0 Å². The number of benzene rings is 1. The summed E-state index contributed by atoms with van der Waals surface area (Å²) in [5.41, 5.74) is 0.874.